The number of ether oxygens (including phenoxy) is 2. The Kier molecular flexibility index (Phi) is 5.39. The maximum Gasteiger partial charge on any atom is 0.219 e. The van der Waals surface area contributed by atoms with E-state index < -0.39 is 0 Å². The van der Waals surface area contributed by atoms with E-state index in [1.807, 2.05) is 24.3 Å². The van der Waals surface area contributed by atoms with E-state index in [-0.39, 0.29) is 0 Å². The highest BCUT2D eigenvalue weighted by atomic mass is 79.9. The number of nitrogens with two attached hydrogens (primary N) is 1. The van der Waals surface area contributed by atoms with Gasteiger partial charge in [0, 0.05) is 12.3 Å². The van der Waals surface area contributed by atoms with E-state index >= 15 is 0 Å². The van der Waals surface area contributed by atoms with Crippen LogP contribution in [0.4, 0.5) is 0 Å². The minimum Gasteiger partial charge on any atom is -0.496 e. The SMILES string of the molecule is COc1cc(Br)c(Oc2ccc(CCN)cn2)cc1Br. The molecule has 0 amide bonds. The van der Waals surface area contributed by atoms with Gasteiger partial charge in [-0.1, -0.05) is 6.07 Å². The molecule has 1 aromatic heterocycles. The number of pyridine rings is 1. The number of nitrogens with zero attached hydrogens (tertiary/aromatic N) is 1. The number of hydrogen-bond donors (Lipinski definition) is 1. The van der Waals surface area contributed by atoms with Crippen LogP contribution in [-0.2, 0) is 6.42 Å². The molecule has 106 valence electrons. The van der Waals surface area contributed by atoms with Crippen molar-refractivity contribution in [3.05, 3.63) is 45.0 Å². The number of halogens is 2. The third-order valence-electron chi connectivity index (χ3n) is 2.65. The maximum absolute atomic E-state index is 5.75. The van der Waals surface area contributed by atoms with Crippen molar-refractivity contribution in [2.75, 3.05) is 13.7 Å². The molecule has 0 atom stereocenters. The quantitative estimate of drug-likeness (QED) is 0.825. The first-order valence-electron chi connectivity index (χ1n) is 6.00. The van der Waals surface area contributed by atoms with Gasteiger partial charge < -0.3 is 15.2 Å². The molecule has 0 aliphatic heterocycles. The number of hydrogen-bond acceptors (Lipinski definition) is 4. The monoisotopic (exact) mass is 400 g/mol. The molecule has 6 heteroatoms. The molecule has 2 N–H and O–H groups in total. The lowest BCUT2D eigenvalue weighted by Crippen LogP contribution is -2.02. The molecule has 0 spiro atoms. The summed E-state index contributed by atoms with van der Waals surface area (Å²) in [5.41, 5.74) is 6.60. The second-order valence-electron chi connectivity index (χ2n) is 4.06. The van der Waals surface area contributed by atoms with Crippen LogP contribution in [0, 0.1) is 0 Å². The summed E-state index contributed by atoms with van der Waals surface area (Å²) in [6.45, 7) is 0.610. The Morgan fingerprint density at radius 3 is 2.45 bits per heavy atom. The summed E-state index contributed by atoms with van der Waals surface area (Å²) >= 11 is 6.88. The van der Waals surface area contributed by atoms with Crippen molar-refractivity contribution in [3.63, 3.8) is 0 Å². The molecule has 1 aromatic carbocycles. The molecule has 0 aliphatic rings. The van der Waals surface area contributed by atoms with E-state index in [1.54, 1.807) is 13.3 Å². The van der Waals surface area contributed by atoms with Gasteiger partial charge in [0.05, 0.1) is 16.1 Å². The van der Waals surface area contributed by atoms with Gasteiger partial charge in [-0.05, 0) is 62.5 Å². The highest BCUT2D eigenvalue weighted by Crippen LogP contribution is 2.37. The lowest BCUT2D eigenvalue weighted by atomic mass is 10.2. The molecule has 0 unspecified atom stereocenters. The summed E-state index contributed by atoms with van der Waals surface area (Å²) in [6.07, 6.45) is 2.58. The van der Waals surface area contributed by atoms with Crippen molar-refractivity contribution in [1.29, 1.82) is 0 Å². The van der Waals surface area contributed by atoms with Crippen LogP contribution < -0.4 is 15.2 Å². The van der Waals surface area contributed by atoms with Gasteiger partial charge in [-0.15, -0.1) is 0 Å². The Labute approximate surface area is 134 Å². The topological polar surface area (TPSA) is 57.4 Å². The van der Waals surface area contributed by atoms with Gasteiger partial charge >= 0.3 is 0 Å². The molecular formula is C14H14Br2N2O2. The van der Waals surface area contributed by atoms with E-state index in [4.69, 9.17) is 15.2 Å². The third kappa shape index (κ3) is 3.71. The van der Waals surface area contributed by atoms with Gasteiger partial charge in [0.15, 0.2) is 0 Å². The second kappa shape index (κ2) is 7.06. The van der Waals surface area contributed by atoms with Gasteiger partial charge in [0.2, 0.25) is 5.88 Å². The van der Waals surface area contributed by atoms with Crippen LogP contribution in [-0.4, -0.2) is 18.6 Å². The number of rotatable bonds is 5. The number of aromatic nitrogens is 1. The van der Waals surface area contributed by atoms with E-state index in [0.717, 1.165) is 26.7 Å². The summed E-state index contributed by atoms with van der Waals surface area (Å²) in [5.74, 6) is 1.93. The molecule has 0 saturated heterocycles. The fourth-order valence-corrected chi connectivity index (χ4v) is 2.53. The van der Waals surface area contributed by atoms with Crippen molar-refractivity contribution in [2.24, 2.45) is 5.73 Å². The fraction of sp³-hybridized carbons (Fsp3) is 0.214. The third-order valence-corrected chi connectivity index (χ3v) is 3.89. The van der Waals surface area contributed by atoms with E-state index in [0.29, 0.717) is 18.2 Å². The Morgan fingerprint density at radius 1 is 1.15 bits per heavy atom. The molecule has 0 saturated carbocycles. The van der Waals surface area contributed by atoms with Crippen molar-refractivity contribution < 1.29 is 9.47 Å². The lowest BCUT2D eigenvalue weighted by Gasteiger charge is -2.10. The molecular weight excluding hydrogens is 388 g/mol. The van der Waals surface area contributed by atoms with Crippen molar-refractivity contribution >= 4 is 31.9 Å². The smallest absolute Gasteiger partial charge is 0.219 e. The molecule has 1 heterocycles. The average molecular weight is 402 g/mol. The first-order chi connectivity index (χ1) is 9.63. The van der Waals surface area contributed by atoms with E-state index in [1.165, 1.54) is 0 Å². The summed E-state index contributed by atoms with van der Waals surface area (Å²) in [4.78, 5) is 4.26. The highest BCUT2D eigenvalue weighted by molar-refractivity contribution is 9.11. The lowest BCUT2D eigenvalue weighted by molar-refractivity contribution is 0.408. The van der Waals surface area contributed by atoms with Crippen LogP contribution in [0.1, 0.15) is 5.56 Å². The van der Waals surface area contributed by atoms with Gasteiger partial charge in [0.1, 0.15) is 11.5 Å². The van der Waals surface area contributed by atoms with Crippen LogP contribution in [0.5, 0.6) is 17.4 Å². The minimum absolute atomic E-state index is 0.531. The average Bonchev–Trinajstić information content (AvgIpc) is 2.45. The largest absolute Gasteiger partial charge is 0.496 e. The van der Waals surface area contributed by atoms with Crippen LogP contribution >= 0.6 is 31.9 Å². The molecule has 0 bridgehead atoms. The molecule has 0 radical (unpaired) electrons. The molecule has 20 heavy (non-hydrogen) atoms. The predicted octanol–water partition coefficient (Wildman–Crippen LogP) is 3.91. The first-order valence-corrected chi connectivity index (χ1v) is 7.58. The summed E-state index contributed by atoms with van der Waals surface area (Å²) in [7, 11) is 1.62. The maximum atomic E-state index is 5.75. The van der Waals surface area contributed by atoms with Crippen molar-refractivity contribution in [1.82, 2.24) is 4.98 Å². The molecule has 2 rings (SSSR count). The molecule has 4 nitrogen and oxygen atoms in total. The molecule has 2 aromatic rings. The zero-order valence-electron chi connectivity index (χ0n) is 10.9. The van der Waals surface area contributed by atoms with Crippen LogP contribution in [0.25, 0.3) is 0 Å². The minimum atomic E-state index is 0.531. The zero-order valence-corrected chi connectivity index (χ0v) is 14.1. The Hall–Kier alpha value is -1.11. The van der Waals surface area contributed by atoms with Gasteiger partial charge in [-0.25, -0.2) is 4.98 Å². The summed E-state index contributed by atoms with van der Waals surface area (Å²) in [6, 6.07) is 7.46. The second-order valence-corrected chi connectivity index (χ2v) is 5.77. The zero-order chi connectivity index (χ0) is 14.5. The highest BCUT2D eigenvalue weighted by Gasteiger charge is 2.09. The molecule has 0 aliphatic carbocycles. The van der Waals surface area contributed by atoms with Gasteiger partial charge in [-0.3, -0.25) is 0 Å². The van der Waals surface area contributed by atoms with E-state index in [2.05, 4.69) is 36.8 Å². The van der Waals surface area contributed by atoms with Crippen molar-refractivity contribution in [3.8, 4) is 17.4 Å². The number of methoxy groups -OCH3 is 1. The van der Waals surface area contributed by atoms with Crippen molar-refractivity contribution in [2.45, 2.75) is 6.42 Å². The van der Waals surface area contributed by atoms with Crippen LogP contribution in [0.2, 0.25) is 0 Å². The van der Waals surface area contributed by atoms with Gasteiger partial charge in [-0.2, -0.15) is 0 Å². The summed E-state index contributed by atoms with van der Waals surface area (Å²) in [5, 5.41) is 0. The first kappa shape index (κ1) is 15.3. The van der Waals surface area contributed by atoms with Crippen LogP contribution in [0.15, 0.2) is 39.4 Å². The van der Waals surface area contributed by atoms with Crippen LogP contribution in [0.3, 0.4) is 0 Å². The fourth-order valence-electron chi connectivity index (χ4n) is 1.64. The Bertz CT molecular complexity index is 588. The predicted molar refractivity (Wildman–Crippen MR) is 85.5 cm³/mol. The van der Waals surface area contributed by atoms with Gasteiger partial charge in [0.25, 0.3) is 0 Å². The number of benzene rings is 1. The standard InChI is InChI=1S/C14H14Br2N2O2/c1-19-12-6-11(16)13(7-10(12)15)20-14-3-2-9(4-5-17)8-18-14/h2-3,6-8H,4-5,17H2,1H3. The molecule has 0 fully saturated rings. The normalized spacial score (nSPS) is 10.4. The summed E-state index contributed by atoms with van der Waals surface area (Å²) < 4.78 is 12.6. The Morgan fingerprint density at radius 2 is 1.85 bits per heavy atom. The Balaban J connectivity index is 2.19. The van der Waals surface area contributed by atoms with E-state index in [9.17, 15) is 0 Å².